The van der Waals surface area contributed by atoms with Crippen LogP contribution in [0.2, 0.25) is 0 Å². The van der Waals surface area contributed by atoms with E-state index in [1.165, 1.54) is 4.52 Å². The van der Waals surface area contributed by atoms with Crippen molar-refractivity contribution in [3.05, 3.63) is 57.9 Å². The number of H-pyrrole nitrogens is 1. The Morgan fingerprint density at radius 3 is 2.59 bits per heavy atom. The second-order valence-corrected chi connectivity index (χ2v) is 11.5. The van der Waals surface area contributed by atoms with E-state index < -0.39 is 15.4 Å². The molecule has 0 bridgehead atoms. The maximum absolute atomic E-state index is 13.5. The number of piperazine rings is 1. The lowest BCUT2D eigenvalue weighted by molar-refractivity contribution is -0.122. The number of sulfone groups is 1. The van der Waals surface area contributed by atoms with Crippen LogP contribution in [0.3, 0.4) is 0 Å². The van der Waals surface area contributed by atoms with E-state index in [1.807, 2.05) is 19.1 Å². The van der Waals surface area contributed by atoms with Crippen LogP contribution in [0, 0.1) is 13.8 Å². The third kappa shape index (κ3) is 5.24. The number of carbonyl (C=O) groups excluding carboxylic acids is 1. The standard InChI is InChI=1S/C26H31N7O5S/c1-17-4-7-22(18(2)14-17)39(36,37)26-24-28-25(35)20-6-5-19(15-21(20)33(24)30-29-26)32-11-9-31(10-12-32)16-23(34)27-8-13-38-3/h4-7,14-15,30H,8-13,16H2,1-3H3,(H,27,34). The van der Waals surface area contributed by atoms with Gasteiger partial charge in [-0.05, 0) is 43.7 Å². The first-order chi connectivity index (χ1) is 18.7. The highest BCUT2D eigenvalue weighted by molar-refractivity contribution is 7.91. The average Bonchev–Trinajstić information content (AvgIpc) is 3.34. The zero-order valence-corrected chi connectivity index (χ0v) is 22.9. The van der Waals surface area contributed by atoms with E-state index in [1.54, 1.807) is 38.3 Å². The van der Waals surface area contributed by atoms with Gasteiger partial charge in [0.1, 0.15) is 0 Å². The fourth-order valence-electron chi connectivity index (χ4n) is 4.89. The highest BCUT2D eigenvalue weighted by atomic mass is 32.2. The van der Waals surface area contributed by atoms with Crippen LogP contribution in [-0.2, 0) is 19.4 Å². The van der Waals surface area contributed by atoms with Gasteiger partial charge in [0, 0.05) is 45.5 Å². The molecule has 2 N–H and O–H groups in total. The number of hydrogen-bond donors (Lipinski definition) is 2. The lowest BCUT2D eigenvalue weighted by Gasteiger charge is -2.35. The smallest absolute Gasteiger partial charge is 0.281 e. The number of nitrogens with one attached hydrogen (secondary N) is 2. The number of hydrogen-bond acceptors (Lipinski definition) is 9. The molecule has 0 saturated carbocycles. The fraction of sp³-hybridized carbons (Fsp3) is 0.385. The summed E-state index contributed by atoms with van der Waals surface area (Å²) in [7, 11) is -2.44. The minimum absolute atomic E-state index is 0.0358. The summed E-state index contributed by atoms with van der Waals surface area (Å²) < 4.78 is 33.4. The van der Waals surface area contributed by atoms with Crippen molar-refractivity contribution >= 4 is 38.0 Å². The van der Waals surface area contributed by atoms with Gasteiger partial charge < -0.3 is 15.0 Å². The minimum Gasteiger partial charge on any atom is -0.383 e. The maximum atomic E-state index is 13.5. The number of amides is 1. The van der Waals surface area contributed by atoms with Gasteiger partial charge in [-0.1, -0.05) is 17.7 Å². The van der Waals surface area contributed by atoms with Crippen molar-refractivity contribution in [1.82, 2.24) is 30.0 Å². The van der Waals surface area contributed by atoms with Gasteiger partial charge in [0.05, 0.1) is 29.0 Å². The number of benzene rings is 2. The van der Waals surface area contributed by atoms with Crippen molar-refractivity contribution in [2.24, 2.45) is 0 Å². The summed E-state index contributed by atoms with van der Waals surface area (Å²) in [6.07, 6.45) is 0. The summed E-state index contributed by atoms with van der Waals surface area (Å²) >= 11 is 0. The second-order valence-electron chi connectivity index (χ2n) is 9.67. The molecule has 3 heterocycles. The quantitative estimate of drug-likeness (QED) is 0.304. The Balaban J connectivity index is 1.42. The fourth-order valence-corrected chi connectivity index (χ4v) is 6.37. The molecule has 2 aromatic carbocycles. The summed E-state index contributed by atoms with van der Waals surface area (Å²) in [4.78, 5) is 33.5. The molecule has 0 atom stereocenters. The molecule has 4 aromatic rings. The van der Waals surface area contributed by atoms with Gasteiger partial charge in [-0.3, -0.25) is 14.5 Å². The lowest BCUT2D eigenvalue weighted by Crippen LogP contribution is -2.49. The number of aromatic nitrogens is 4. The summed E-state index contributed by atoms with van der Waals surface area (Å²) in [6, 6.07) is 10.4. The molecule has 13 heteroatoms. The number of aryl methyl sites for hydroxylation is 2. The van der Waals surface area contributed by atoms with Crippen molar-refractivity contribution in [3.63, 3.8) is 0 Å². The monoisotopic (exact) mass is 553 g/mol. The predicted molar refractivity (Wildman–Crippen MR) is 146 cm³/mol. The van der Waals surface area contributed by atoms with Gasteiger partial charge in [0.2, 0.25) is 20.8 Å². The number of aromatic amines is 1. The first kappa shape index (κ1) is 26.8. The van der Waals surface area contributed by atoms with Crippen LogP contribution in [0.5, 0.6) is 0 Å². The van der Waals surface area contributed by atoms with E-state index in [-0.39, 0.29) is 21.5 Å². The second kappa shape index (κ2) is 10.8. The van der Waals surface area contributed by atoms with E-state index >= 15 is 0 Å². The molecule has 1 aliphatic heterocycles. The van der Waals surface area contributed by atoms with Crippen molar-refractivity contribution in [2.45, 2.75) is 23.8 Å². The summed E-state index contributed by atoms with van der Waals surface area (Å²) in [6.45, 7) is 7.67. The number of nitrogens with zero attached hydrogens (tertiary/aromatic N) is 5. The molecule has 12 nitrogen and oxygen atoms in total. The van der Waals surface area contributed by atoms with Crippen LogP contribution >= 0.6 is 0 Å². The number of rotatable bonds is 8. The van der Waals surface area contributed by atoms with Crippen LogP contribution in [0.1, 0.15) is 11.1 Å². The number of anilines is 1. The Kier molecular flexibility index (Phi) is 7.38. The third-order valence-corrected chi connectivity index (χ3v) is 8.74. The molecule has 2 aromatic heterocycles. The van der Waals surface area contributed by atoms with Gasteiger partial charge in [-0.25, -0.2) is 18.1 Å². The van der Waals surface area contributed by atoms with Crippen molar-refractivity contribution in [1.29, 1.82) is 0 Å². The topological polar surface area (TPSA) is 142 Å². The highest BCUT2D eigenvalue weighted by Crippen LogP contribution is 2.27. The number of fused-ring (bicyclic) bond motifs is 3. The summed E-state index contributed by atoms with van der Waals surface area (Å²) in [5, 5.41) is 9.73. The van der Waals surface area contributed by atoms with Crippen LogP contribution in [0.25, 0.3) is 16.6 Å². The van der Waals surface area contributed by atoms with Crippen molar-refractivity contribution in [2.75, 3.05) is 57.9 Å². The van der Waals surface area contributed by atoms with Crippen LogP contribution in [0.4, 0.5) is 5.69 Å². The summed E-state index contributed by atoms with van der Waals surface area (Å²) in [5.74, 6) is -0.0358. The van der Waals surface area contributed by atoms with E-state index in [4.69, 9.17) is 4.74 Å². The van der Waals surface area contributed by atoms with Gasteiger partial charge in [-0.2, -0.15) is 4.98 Å². The Morgan fingerprint density at radius 1 is 1.10 bits per heavy atom. The highest BCUT2D eigenvalue weighted by Gasteiger charge is 2.28. The Hall–Kier alpha value is -3.81. The molecular formula is C26H31N7O5S. The van der Waals surface area contributed by atoms with Crippen molar-refractivity contribution < 1.29 is 17.9 Å². The van der Waals surface area contributed by atoms with E-state index in [0.29, 0.717) is 62.3 Å². The Labute approximate surface area is 225 Å². The van der Waals surface area contributed by atoms with Crippen LogP contribution < -0.4 is 15.8 Å². The van der Waals surface area contributed by atoms with E-state index in [2.05, 4.69) is 30.4 Å². The minimum atomic E-state index is -4.03. The normalized spacial score (nSPS) is 14.8. The zero-order valence-electron chi connectivity index (χ0n) is 22.1. The molecule has 1 amide bonds. The molecule has 0 unspecified atom stereocenters. The van der Waals surface area contributed by atoms with Crippen LogP contribution in [0.15, 0.2) is 51.1 Å². The number of ether oxygens (including phenoxy) is 1. The number of carbonyl (C=O) groups is 1. The molecule has 5 rings (SSSR count). The molecule has 206 valence electrons. The van der Waals surface area contributed by atoms with Gasteiger partial charge in [0.15, 0.2) is 5.65 Å². The Morgan fingerprint density at radius 2 is 1.87 bits per heavy atom. The van der Waals surface area contributed by atoms with Gasteiger partial charge in [0.25, 0.3) is 5.56 Å². The Bertz CT molecular complexity index is 1710. The molecule has 0 spiro atoms. The predicted octanol–water partition coefficient (Wildman–Crippen LogP) is 0.905. The maximum Gasteiger partial charge on any atom is 0.281 e. The molecule has 1 fully saturated rings. The van der Waals surface area contributed by atoms with Crippen LogP contribution in [-0.4, -0.2) is 92.0 Å². The molecule has 1 aliphatic rings. The van der Waals surface area contributed by atoms with Gasteiger partial charge >= 0.3 is 0 Å². The SMILES string of the molecule is COCCNC(=O)CN1CCN(c2ccc3c(=O)nc4c(S(=O)(=O)c5ccc(C)cc5C)n[nH]n4c3c2)CC1. The third-order valence-electron chi connectivity index (χ3n) is 6.92. The first-order valence-corrected chi connectivity index (χ1v) is 14.1. The molecule has 39 heavy (non-hydrogen) atoms. The lowest BCUT2D eigenvalue weighted by atomic mass is 10.2. The molecule has 1 saturated heterocycles. The van der Waals surface area contributed by atoms with E-state index in [0.717, 1.165) is 11.3 Å². The zero-order chi connectivity index (χ0) is 27.7. The van der Waals surface area contributed by atoms with Gasteiger partial charge in [-0.15, -0.1) is 5.10 Å². The van der Waals surface area contributed by atoms with E-state index in [9.17, 15) is 18.0 Å². The first-order valence-electron chi connectivity index (χ1n) is 12.6. The molecule has 0 aliphatic carbocycles. The molecular weight excluding hydrogens is 522 g/mol. The number of methoxy groups -OCH3 is 1. The molecule has 0 radical (unpaired) electrons. The summed E-state index contributed by atoms with van der Waals surface area (Å²) in [5.41, 5.74) is 2.32. The largest absolute Gasteiger partial charge is 0.383 e. The average molecular weight is 554 g/mol. The van der Waals surface area contributed by atoms with Crippen molar-refractivity contribution in [3.8, 4) is 0 Å².